The zero-order valence-corrected chi connectivity index (χ0v) is 20.5. The van der Waals surface area contributed by atoms with Gasteiger partial charge in [-0.1, -0.05) is 20.3 Å². The molecule has 2 aromatic rings. The lowest BCUT2D eigenvalue weighted by molar-refractivity contribution is -0.134. The normalized spacial score (nSPS) is 17.0. The van der Waals surface area contributed by atoms with Gasteiger partial charge in [0.15, 0.2) is 0 Å². The van der Waals surface area contributed by atoms with Crippen molar-refractivity contribution in [2.24, 2.45) is 0 Å². The van der Waals surface area contributed by atoms with Gasteiger partial charge in [0.2, 0.25) is 0 Å². The second kappa shape index (κ2) is 10.2. The number of pyridine rings is 1. The third-order valence-corrected chi connectivity index (χ3v) is 6.39. The number of carbonyl (C=O) groups excluding carboxylic acids is 1. The third-order valence-electron chi connectivity index (χ3n) is 6.39. The molecule has 32 heavy (non-hydrogen) atoms. The fourth-order valence-electron chi connectivity index (χ4n) is 4.62. The Kier molecular flexibility index (Phi) is 7.84. The van der Waals surface area contributed by atoms with E-state index in [1.165, 1.54) is 19.3 Å². The van der Waals surface area contributed by atoms with Crippen molar-refractivity contribution >= 4 is 18.4 Å². The molecule has 0 N–H and O–H groups in total. The van der Waals surface area contributed by atoms with Crippen LogP contribution in [0.2, 0.25) is 0 Å². The molecule has 0 saturated carbocycles. The van der Waals surface area contributed by atoms with Gasteiger partial charge in [0.1, 0.15) is 17.1 Å². The number of piperidine rings is 1. The molecule has 0 atom stereocenters. The SMILES string of the molecule is CC(C)c1cc(OC(=O)CCCN2CCCCC2)c2c(c1)OC(C)(C)c1ccncc1-2.Cl. The van der Waals surface area contributed by atoms with Gasteiger partial charge in [-0.2, -0.15) is 0 Å². The van der Waals surface area contributed by atoms with E-state index in [2.05, 4.69) is 43.6 Å². The van der Waals surface area contributed by atoms with Gasteiger partial charge in [0, 0.05) is 29.9 Å². The highest BCUT2D eigenvalue weighted by Gasteiger charge is 2.35. The number of nitrogens with zero attached hydrogens (tertiary/aromatic N) is 2. The first-order chi connectivity index (χ1) is 14.8. The van der Waals surface area contributed by atoms with Crippen molar-refractivity contribution in [2.75, 3.05) is 19.6 Å². The zero-order valence-electron chi connectivity index (χ0n) is 19.6. The van der Waals surface area contributed by atoms with E-state index in [4.69, 9.17) is 9.47 Å². The summed E-state index contributed by atoms with van der Waals surface area (Å²) >= 11 is 0. The van der Waals surface area contributed by atoms with Gasteiger partial charge in [-0.15, -0.1) is 12.4 Å². The molecule has 2 aliphatic rings. The van der Waals surface area contributed by atoms with Crippen LogP contribution in [0.1, 0.15) is 76.8 Å². The molecule has 0 radical (unpaired) electrons. The summed E-state index contributed by atoms with van der Waals surface area (Å²) in [5.74, 6) is 1.45. The number of esters is 1. The Hall–Kier alpha value is -2.11. The van der Waals surface area contributed by atoms with Gasteiger partial charge in [0.25, 0.3) is 0 Å². The summed E-state index contributed by atoms with van der Waals surface area (Å²) < 4.78 is 12.3. The summed E-state index contributed by atoms with van der Waals surface area (Å²) in [6, 6.07) is 6.05. The highest BCUT2D eigenvalue weighted by atomic mass is 35.5. The Morgan fingerprint density at radius 3 is 2.69 bits per heavy atom. The predicted octanol–water partition coefficient (Wildman–Crippen LogP) is 6.09. The maximum Gasteiger partial charge on any atom is 0.311 e. The number of hydrogen-bond acceptors (Lipinski definition) is 5. The summed E-state index contributed by atoms with van der Waals surface area (Å²) in [5.41, 5.74) is 3.47. The average Bonchev–Trinajstić information content (AvgIpc) is 2.74. The molecule has 0 bridgehead atoms. The van der Waals surface area contributed by atoms with Crippen LogP contribution in [-0.4, -0.2) is 35.5 Å². The number of fused-ring (bicyclic) bond motifs is 3. The molecular weight excluding hydrogens is 424 g/mol. The maximum absolute atomic E-state index is 12.8. The number of aromatic nitrogens is 1. The monoisotopic (exact) mass is 458 g/mol. The molecule has 0 aliphatic carbocycles. The maximum atomic E-state index is 12.8. The second-order valence-electron chi connectivity index (χ2n) is 9.56. The van der Waals surface area contributed by atoms with Crippen molar-refractivity contribution in [1.82, 2.24) is 9.88 Å². The van der Waals surface area contributed by atoms with Crippen molar-refractivity contribution in [1.29, 1.82) is 0 Å². The predicted molar refractivity (Wildman–Crippen MR) is 130 cm³/mol. The lowest BCUT2D eigenvalue weighted by atomic mass is 9.86. The number of carbonyl (C=O) groups is 1. The van der Waals surface area contributed by atoms with Crippen LogP contribution in [0, 0.1) is 0 Å². The molecule has 174 valence electrons. The van der Waals surface area contributed by atoms with Crippen molar-refractivity contribution < 1.29 is 14.3 Å². The van der Waals surface area contributed by atoms with Crippen molar-refractivity contribution in [3.8, 4) is 22.6 Å². The highest BCUT2D eigenvalue weighted by Crippen LogP contribution is 2.50. The van der Waals surface area contributed by atoms with Crippen molar-refractivity contribution in [3.63, 3.8) is 0 Å². The van der Waals surface area contributed by atoms with Gasteiger partial charge in [-0.05, 0) is 82.4 Å². The Balaban J connectivity index is 0.00000289. The topological polar surface area (TPSA) is 51.7 Å². The number of likely N-dealkylation sites (tertiary alicyclic amines) is 1. The van der Waals surface area contributed by atoms with Crippen LogP contribution < -0.4 is 9.47 Å². The summed E-state index contributed by atoms with van der Waals surface area (Å²) in [6.45, 7) is 11.6. The van der Waals surface area contributed by atoms with Gasteiger partial charge >= 0.3 is 5.97 Å². The molecule has 5 nitrogen and oxygen atoms in total. The van der Waals surface area contributed by atoms with Gasteiger partial charge in [-0.3, -0.25) is 9.78 Å². The fourth-order valence-corrected chi connectivity index (χ4v) is 4.62. The van der Waals surface area contributed by atoms with Crippen LogP contribution >= 0.6 is 12.4 Å². The first-order valence-electron chi connectivity index (χ1n) is 11.6. The summed E-state index contributed by atoms with van der Waals surface area (Å²) in [5, 5.41) is 0. The Labute approximate surface area is 197 Å². The molecule has 1 aromatic carbocycles. The molecule has 0 spiro atoms. The fraction of sp³-hybridized carbons (Fsp3) is 0.538. The molecule has 1 saturated heterocycles. The molecule has 6 heteroatoms. The molecule has 0 unspecified atom stereocenters. The smallest absolute Gasteiger partial charge is 0.311 e. The van der Waals surface area contributed by atoms with E-state index in [9.17, 15) is 4.79 Å². The molecule has 4 rings (SSSR count). The van der Waals surface area contributed by atoms with E-state index in [0.29, 0.717) is 18.1 Å². The molecule has 1 aromatic heterocycles. The number of hydrogen-bond donors (Lipinski definition) is 0. The summed E-state index contributed by atoms with van der Waals surface area (Å²) in [7, 11) is 0. The standard InChI is InChI=1S/C26H34N2O3.ClH/c1-18(2)19-15-22(30-24(29)9-8-14-28-12-6-5-7-13-28)25-20-17-27-11-10-21(20)26(3,4)31-23(25)16-19;/h10-11,15-18H,5-9,12-14H2,1-4H3;1H. The first kappa shape index (κ1) is 24.5. The molecular formula is C26H35ClN2O3. The van der Waals surface area contributed by atoms with Crippen LogP contribution in [0.4, 0.5) is 0 Å². The van der Waals surface area contributed by atoms with E-state index in [1.54, 1.807) is 6.20 Å². The van der Waals surface area contributed by atoms with E-state index in [0.717, 1.165) is 54.1 Å². The van der Waals surface area contributed by atoms with Crippen LogP contribution in [0.25, 0.3) is 11.1 Å². The molecule has 0 amide bonds. The highest BCUT2D eigenvalue weighted by molar-refractivity contribution is 5.85. The lowest BCUT2D eigenvalue weighted by Gasteiger charge is -2.35. The Morgan fingerprint density at radius 1 is 1.22 bits per heavy atom. The van der Waals surface area contributed by atoms with Crippen molar-refractivity contribution in [3.05, 3.63) is 41.7 Å². The van der Waals surface area contributed by atoms with Crippen LogP contribution in [0.5, 0.6) is 11.5 Å². The van der Waals surface area contributed by atoms with E-state index in [-0.39, 0.29) is 18.4 Å². The summed E-state index contributed by atoms with van der Waals surface area (Å²) in [6.07, 6.45) is 8.73. The largest absolute Gasteiger partial charge is 0.482 e. The average molecular weight is 459 g/mol. The number of benzene rings is 1. The minimum Gasteiger partial charge on any atom is -0.482 e. The van der Waals surface area contributed by atoms with E-state index in [1.807, 2.05) is 18.3 Å². The van der Waals surface area contributed by atoms with Gasteiger partial charge in [-0.25, -0.2) is 0 Å². The van der Waals surface area contributed by atoms with E-state index < -0.39 is 5.60 Å². The number of rotatable bonds is 6. The van der Waals surface area contributed by atoms with Crippen LogP contribution in [0.3, 0.4) is 0 Å². The number of ether oxygens (including phenoxy) is 2. The van der Waals surface area contributed by atoms with Gasteiger partial charge in [0.05, 0.1) is 5.56 Å². The van der Waals surface area contributed by atoms with Crippen LogP contribution in [-0.2, 0) is 10.4 Å². The van der Waals surface area contributed by atoms with E-state index >= 15 is 0 Å². The quantitative estimate of drug-likeness (QED) is 0.387. The minimum absolute atomic E-state index is 0. The Morgan fingerprint density at radius 2 is 1.97 bits per heavy atom. The van der Waals surface area contributed by atoms with Gasteiger partial charge < -0.3 is 14.4 Å². The second-order valence-corrected chi connectivity index (χ2v) is 9.56. The molecule has 3 heterocycles. The number of halogens is 1. The third kappa shape index (κ3) is 5.26. The molecule has 1 fully saturated rings. The molecule has 2 aliphatic heterocycles. The Bertz CT molecular complexity index is 952. The minimum atomic E-state index is -0.476. The van der Waals surface area contributed by atoms with Crippen LogP contribution in [0.15, 0.2) is 30.6 Å². The summed E-state index contributed by atoms with van der Waals surface area (Å²) in [4.78, 5) is 19.6. The lowest BCUT2D eigenvalue weighted by Crippen LogP contribution is -2.31. The van der Waals surface area contributed by atoms with Crippen molar-refractivity contribution in [2.45, 2.75) is 71.3 Å². The first-order valence-corrected chi connectivity index (χ1v) is 11.6. The zero-order chi connectivity index (χ0) is 22.0.